The number of rotatable bonds is 7. The molecule has 2 N–H and O–H groups in total. The van der Waals surface area contributed by atoms with Crippen molar-refractivity contribution in [3.63, 3.8) is 0 Å². The van der Waals surface area contributed by atoms with Crippen molar-refractivity contribution in [3.8, 4) is 0 Å². The van der Waals surface area contributed by atoms with Crippen LogP contribution < -0.4 is 10.2 Å². The second-order valence-corrected chi connectivity index (χ2v) is 5.73. The molecule has 0 saturated heterocycles. The fourth-order valence-electron chi connectivity index (χ4n) is 2.15. The molecule has 1 aromatic heterocycles. The van der Waals surface area contributed by atoms with E-state index >= 15 is 0 Å². The van der Waals surface area contributed by atoms with Crippen LogP contribution >= 0.6 is 11.3 Å². The van der Waals surface area contributed by atoms with Gasteiger partial charge in [-0.25, -0.2) is 0 Å². The Morgan fingerprint density at radius 2 is 1.95 bits per heavy atom. The number of likely N-dealkylation sites (N-methyl/N-ethyl adjacent to an activating group) is 1. The van der Waals surface area contributed by atoms with Crippen LogP contribution in [0.5, 0.6) is 0 Å². The summed E-state index contributed by atoms with van der Waals surface area (Å²) in [6.07, 6.45) is 0. The Labute approximate surface area is 124 Å². The lowest BCUT2D eigenvalue weighted by Crippen LogP contribution is -2.25. The van der Waals surface area contributed by atoms with Gasteiger partial charge in [0.15, 0.2) is 0 Å². The molecular formula is C16H22N2OS. The topological polar surface area (TPSA) is 35.5 Å². The van der Waals surface area contributed by atoms with Crippen molar-refractivity contribution in [2.45, 2.75) is 20.4 Å². The van der Waals surface area contributed by atoms with Crippen LogP contribution in [0.2, 0.25) is 0 Å². The lowest BCUT2D eigenvalue weighted by Gasteiger charge is -2.22. The molecule has 0 atom stereocenters. The molecule has 0 saturated carbocycles. The molecule has 2 aromatic rings. The number of hydrogen-bond donors (Lipinski definition) is 2. The molecule has 0 aliphatic heterocycles. The summed E-state index contributed by atoms with van der Waals surface area (Å²) in [5, 5.41) is 14.6. The summed E-state index contributed by atoms with van der Waals surface area (Å²) in [6.45, 7) is 6.88. The second kappa shape index (κ2) is 7.31. The van der Waals surface area contributed by atoms with Crippen molar-refractivity contribution in [2.75, 3.05) is 29.9 Å². The molecular weight excluding hydrogens is 268 g/mol. The Kier molecular flexibility index (Phi) is 5.44. The van der Waals surface area contributed by atoms with Gasteiger partial charge in [0.2, 0.25) is 0 Å². The van der Waals surface area contributed by atoms with Gasteiger partial charge in [0.05, 0.1) is 6.61 Å². The number of nitrogens with zero attached hydrogens (tertiary/aromatic N) is 1. The third-order valence-electron chi connectivity index (χ3n) is 3.41. The van der Waals surface area contributed by atoms with Crippen LogP contribution in [0.25, 0.3) is 0 Å². The third kappa shape index (κ3) is 3.74. The third-order valence-corrected chi connectivity index (χ3v) is 4.43. The predicted molar refractivity (Wildman–Crippen MR) is 87.8 cm³/mol. The fraction of sp³-hybridized carbons (Fsp3) is 0.375. The first-order chi connectivity index (χ1) is 9.74. The van der Waals surface area contributed by atoms with Gasteiger partial charge < -0.3 is 15.3 Å². The van der Waals surface area contributed by atoms with Crippen LogP contribution in [-0.2, 0) is 6.54 Å². The molecule has 1 aromatic carbocycles. The summed E-state index contributed by atoms with van der Waals surface area (Å²) in [4.78, 5) is 3.54. The van der Waals surface area contributed by atoms with Crippen LogP contribution in [0.3, 0.4) is 0 Å². The summed E-state index contributed by atoms with van der Waals surface area (Å²) in [5.74, 6) is 0. The zero-order valence-electron chi connectivity index (χ0n) is 12.1. The Bertz CT molecular complexity index is 522. The fourth-order valence-corrected chi connectivity index (χ4v) is 2.99. The molecule has 0 amide bonds. The minimum atomic E-state index is 0.186. The van der Waals surface area contributed by atoms with Crippen molar-refractivity contribution in [1.29, 1.82) is 0 Å². The van der Waals surface area contributed by atoms with Gasteiger partial charge in [0.1, 0.15) is 0 Å². The Morgan fingerprint density at radius 1 is 1.20 bits per heavy atom. The van der Waals surface area contributed by atoms with Crippen LogP contribution in [0.15, 0.2) is 35.7 Å². The molecule has 0 spiro atoms. The highest BCUT2D eigenvalue weighted by Crippen LogP contribution is 2.20. The number of hydrogen-bond acceptors (Lipinski definition) is 4. The average molecular weight is 290 g/mol. The Morgan fingerprint density at radius 3 is 2.50 bits per heavy atom. The molecule has 108 valence electrons. The Hall–Kier alpha value is -1.52. The molecule has 0 aliphatic rings. The van der Waals surface area contributed by atoms with Crippen LogP contribution in [0.1, 0.15) is 17.4 Å². The van der Waals surface area contributed by atoms with Gasteiger partial charge in [0.25, 0.3) is 0 Å². The highest BCUT2D eigenvalue weighted by molar-refractivity contribution is 7.10. The maximum Gasteiger partial charge on any atom is 0.0606 e. The van der Waals surface area contributed by atoms with Crippen molar-refractivity contribution in [3.05, 3.63) is 46.2 Å². The van der Waals surface area contributed by atoms with Gasteiger partial charge in [-0.3, -0.25) is 0 Å². The van der Waals surface area contributed by atoms with Crippen molar-refractivity contribution in [2.24, 2.45) is 0 Å². The molecule has 0 unspecified atom stereocenters. The molecule has 20 heavy (non-hydrogen) atoms. The summed E-state index contributed by atoms with van der Waals surface area (Å²) in [6, 6.07) is 10.5. The molecule has 0 fully saturated rings. The highest BCUT2D eigenvalue weighted by Gasteiger charge is 2.04. The largest absolute Gasteiger partial charge is 0.395 e. The van der Waals surface area contributed by atoms with Gasteiger partial charge in [-0.05, 0) is 55.1 Å². The minimum Gasteiger partial charge on any atom is -0.395 e. The number of benzene rings is 1. The standard InChI is InChI=1S/C16H22N2OS/c1-3-18(9-10-19)15-6-4-14(5-7-15)17-12-16-13(2)8-11-20-16/h4-8,11,17,19H,3,9-10,12H2,1-2H3. The summed E-state index contributed by atoms with van der Waals surface area (Å²) in [7, 11) is 0. The first kappa shape index (κ1) is 14.9. The summed E-state index contributed by atoms with van der Waals surface area (Å²) < 4.78 is 0. The van der Waals surface area contributed by atoms with E-state index in [1.165, 1.54) is 10.4 Å². The van der Waals surface area contributed by atoms with E-state index in [9.17, 15) is 0 Å². The van der Waals surface area contributed by atoms with Crippen molar-refractivity contribution < 1.29 is 5.11 Å². The number of aliphatic hydroxyl groups excluding tert-OH is 1. The highest BCUT2D eigenvalue weighted by atomic mass is 32.1. The summed E-state index contributed by atoms with van der Waals surface area (Å²) >= 11 is 1.79. The first-order valence-corrected chi connectivity index (χ1v) is 7.85. The van der Waals surface area contributed by atoms with Gasteiger partial charge in [-0.15, -0.1) is 11.3 Å². The molecule has 3 nitrogen and oxygen atoms in total. The van der Waals surface area contributed by atoms with Crippen molar-refractivity contribution in [1.82, 2.24) is 0 Å². The van der Waals surface area contributed by atoms with E-state index in [4.69, 9.17) is 5.11 Å². The van der Waals surface area contributed by atoms with Crippen molar-refractivity contribution >= 4 is 22.7 Å². The number of aliphatic hydroxyl groups is 1. The second-order valence-electron chi connectivity index (χ2n) is 4.73. The molecule has 0 bridgehead atoms. The van der Waals surface area contributed by atoms with E-state index in [1.54, 1.807) is 11.3 Å². The zero-order chi connectivity index (χ0) is 14.4. The monoisotopic (exact) mass is 290 g/mol. The number of nitrogens with one attached hydrogen (secondary N) is 1. The number of anilines is 2. The SMILES string of the molecule is CCN(CCO)c1ccc(NCc2sccc2C)cc1. The average Bonchev–Trinajstić information content (AvgIpc) is 2.89. The van der Waals surface area contributed by atoms with Crippen LogP contribution in [0.4, 0.5) is 11.4 Å². The normalized spacial score (nSPS) is 10.6. The quantitative estimate of drug-likeness (QED) is 0.819. The molecule has 4 heteroatoms. The minimum absolute atomic E-state index is 0.186. The lowest BCUT2D eigenvalue weighted by atomic mass is 10.2. The zero-order valence-corrected chi connectivity index (χ0v) is 12.9. The van der Waals surface area contributed by atoms with E-state index in [1.807, 2.05) is 0 Å². The summed E-state index contributed by atoms with van der Waals surface area (Å²) in [5.41, 5.74) is 3.63. The van der Waals surface area contributed by atoms with Gasteiger partial charge in [0, 0.05) is 35.9 Å². The van der Waals surface area contributed by atoms with E-state index in [-0.39, 0.29) is 6.61 Å². The molecule has 0 aliphatic carbocycles. The van der Waals surface area contributed by atoms with Crippen LogP contribution in [-0.4, -0.2) is 24.8 Å². The molecule has 0 radical (unpaired) electrons. The maximum atomic E-state index is 9.05. The first-order valence-electron chi connectivity index (χ1n) is 6.97. The predicted octanol–water partition coefficient (Wildman–Crippen LogP) is 3.49. The molecule has 2 rings (SSSR count). The lowest BCUT2D eigenvalue weighted by molar-refractivity contribution is 0.302. The van der Waals surface area contributed by atoms with E-state index in [0.717, 1.165) is 24.5 Å². The van der Waals surface area contributed by atoms with E-state index in [2.05, 4.69) is 59.8 Å². The molecule has 1 heterocycles. The number of aryl methyl sites for hydroxylation is 1. The number of thiophene rings is 1. The maximum absolute atomic E-state index is 9.05. The van der Waals surface area contributed by atoms with Crippen LogP contribution in [0, 0.1) is 6.92 Å². The van der Waals surface area contributed by atoms with E-state index < -0.39 is 0 Å². The van der Waals surface area contributed by atoms with E-state index in [0.29, 0.717) is 6.54 Å². The van der Waals surface area contributed by atoms with Gasteiger partial charge >= 0.3 is 0 Å². The van der Waals surface area contributed by atoms with Gasteiger partial charge in [-0.1, -0.05) is 0 Å². The smallest absolute Gasteiger partial charge is 0.0606 e. The Balaban J connectivity index is 1.96. The van der Waals surface area contributed by atoms with Gasteiger partial charge in [-0.2, -0.15) is 0 Å².